The number of hydrogen-bond acceptors (Lipinski definition) is 2. The molecule has 0 aliphatic carbocycles. The van der Waals surface area contributed by atoms with Crippen LogP contribution in [0.15, 0.2) is 42.5 Å². The molecule has 1 unspecified atom stereocenters. The van der Waals surface area contributed by atoms with Gasteiger partial charge in [0.1, 0.15) is 0 Å². The van der Waals surface area contributed by atoms with Gasteiger partial charge in [-0.25, -0.2) is 0 Å². The van der Waals surface area contributed by atoms with Crippen molar-refractivity contribution in [1.82, 2.24) is 10.2 Å². The van der Waals surface area contributed by atoms with E-state index in [9.17, 15) is 0 Å². The van der Waals surface area contributed by atoms with Crippen LogP contribution in [0.5, 0.6) is 0 Å². The average molecular weight is 242 g/mol. The third-order valence-corrected chi connectivity index (χ3v) is 3.52. The molecular weight excluding hydrogens is 220 g/mol. The Morgan fingerprint density at radius 2 is 1.78 bits per heavy atom. The first kappa shape index (κ1) is 13.1. The third-order valence-electron chi connectivity index (χ3n) is 3.52. The summed E-state index contributed by atoms with van der Waals surface area (Å²) in [4.78, 5) is 2.23. The van der Waals surface area contributed by atoms with Crippen molar-refractivity contribution in [3.63, 3.8) is 0 Å². The molecule has 0 aliphatic heterocycles. The maximum absolute atomic E-state index is 3.53. The lowest BCUT2D eigenvalue weighted by molar-refractivity contribution is 0.303. The molecule has 2 aromatic rings. The number of hydrogen-bond donors (Lipinski definition) is 1. The van der Waals surface area contributed by atoms with Crippen molar-refractivity contribution in [2.45, 2.75) is 19.5 Å². The first-order chi connectivity index (χ1) is 8.68. The van der Waals surface area contributed by atoms with E-state index >= 15 is 0 Å². The monoisotopic (exact) mass is 242 g/mol. The van der Waals surface area contributed by atoms with Gasteiger partial charge in [-0.1, -0.05) is 42.5 Å². The Hall–Kier alpha value is -1.38. The molecule has 0 saturated heterocycles. The van der Waals surface area contributed by atoms with Crippen LogP contribution >= 0.6 is 0 Å². The summed E-state index contributed by atoms with van der Waals surface area (Å²) in [6.07, 6.45) is 0. The summed E-state index contributed by atoms with van der Waals surface area (Å²) in [5.74, 6) is 0. The molecule has 0 fully saturated rings. The maximum atomic E-state index is 3.53. The van der Waals surface area contributed by atoms with Crippen molar-refractivity contribution < 1.29 is 0 Å². The molecule has 2 heteroatoms. The van der Waals surface area contributed by atoms with Gasteiger partial charge in [0.25, 0.3) is 0 Å². The molecule has 1 atom stereocenters. The third kappa shape index (κ3) is 3.09. The molecule has 0 amide bonds. The highest BCUT2D eigenvalue weighted by atomic mass is 15.1. The topological polar surface area (TPSA) is 15.3 Å². The minimum absolute atomic E-state index is 0.556. The van der Waals surface area contributed by atoms with Gasteiger partial charge >= 0.3 is 0 Å². The van der Waals surface area contributed by atoms with E-state index in [-0.39, 0.29) is 0 Å². The normalized spacial score (nSPS) is 13.1. The molecule has 0 saturated carbocycles. The first-order valence-electron chi connectivity index (χ1n) is 6.52. The highest BCUT2D eigenvalue weighted by Crippen LogP contribution is 2.18. The second-order valence-corrected chi connectivity index (χ2v) is 5.08. The fourth-order valence-electron chi connectivity index (χ4n) is 2.04. The molecule has 1 N–H and O–H groups in total. The fraction of sp³-hybridized carbons (Fsp3) is 0.375. The van der Waals surface area contributed by atoms with E-state index in [1.54, 1.807) is 0 Å². The molecule has 0 bridgehead atoms. The van der Waals surface area contributed by atoms with Crippen molar-refractivity contribution in [3.8, 4) is 0 Å². The van der Waals surface area contributed by atoms with Crippen LogP contribution in [0, 0.1) is 0 Å². The van der Waals surface area contributed by atoms with E-state index < -0.39 is 0 Å². The van der Waals surface area contributed by atoms with E-state index in [0.29, 0.717) is 6.04 Å². The number of rotatable bonds is 5. The molecule has 2 rings (SSSR count). The van der Waals surface area contributed by atoms with Gasteiger partial charge in [-0.15, -0.1) is 0 Å². The predicted molar refractivity (Wildman–Crippen MR) is 78.8 cm³/mol. The van der Waals surface area contributed by atoms with Gasteiger partial charge in [0.05, 0.1) is 0 Å². The minimum atomic E-state index is 0.556. The second-order valence-electron chi connectivity index (χ2n) is 5.08. The predicted octanol–water partition coefficient (Wildman–Crippen LogP) is 2.88. The van der Waals surface area contributed by atoms with Crippen molar-refractivity contribution in [3.05, 3.63) is 48.0 Å². The summed E-state index contributed by atoms with van der Waals surface area (Å²) in [6.45, 7) is 4.17. The fourth-order valence-corrected chi connectivity index (χ4v) is 2.04. The molecule has 0 aromatic heterocycles. The number of fused-ring (bicyclic) bond motifs is 1. The Labute approximate surface area is 110 Å². The van der Waals surface area contributed by atoms with Crippen molar-refractivity contribution in [2.75, 3.05) is 20.6 Å². The lowest BCUT2D eigenvalue weighted by Crippen LogP contribution is -2.35. The average Bonchev–Trinajstić information content (AvgIpc) is 2.38. The van der Waals surface area contributed by atoms with Gasteiger partial charge in [0, 0.05) is 19.1 Å². The van der Waals surface area contributed by atoms with Gasteiger partial charge in [0.15, 0.2) is 0 Å². The van der Waals surface area contributed by atoms with Crippen molar-refractivity contribution in [2.24, 2.45) is 0 Å². The highest BCUT2D eigenvalue weighted by molar-refractivity contribution is 5.85. The van der Waals surface area contributed by atoms with Crippen LogP contribution in [0.1, 0.15) is 12.5 Å². The van der Waals surface area contributed by atoms with Crippen molar-refractivity contribution in [1.29, 1.82) is 0 Å². The quantitative estimate of drug-likeness (QED) is 0.867. The second kappa shape index (κ2) is 5.98. The lowest BCUT2D eigenvalue weighted by Gasteiger charge is -2.20. The molecule has 18 heavy (non-hydrogen) atoms. The molecule has 2 aromatic carbocycles. The Balaban J connectivity index is 2.04. The summed E-state index contributed by atoms with van der Waals surface area (Å²) in [7, 11) is 4.23. The van der Waals surface area contributed by atoms with Crippen LogP contribution in [0.4, 0.5) is 0 Å². The number of nitrogens with one attached hydrogen (secondary N) is 1. The smallest absolute Gasteiger partial charge is 0.0212 e. The van der Waals surface area contributed by atoms with Crippen LogP contribution < -0.4 is 5.32 Å². The van der Waals surface area contributed by atoms with Gasteiger partial charge in [0.2, 0.25) is 0 Å². The van der Waals surface area contributed by atoms with Crippen LogP contribution in [-0.4, -0.2) is 31.6 Å². The van der Waals surface area contributed by atoms with Gasteiger partial charge < -0.3 is 10.2 Å². The number of nitrogens with zero attached hydrogens (tertiary/aromatic N) is 1. The Morgan fingerprint density at radius 3 is 2.56 bits per heavy atom. The van der Waals surface area contributed by atoms with E-state index in [1.807, 2.05) is 0 Å². The van der Waals surface area contributed by atoms with Crippen LogP contribution in [-0.2, 0) is 6.54 Å². The number of likely N-dealkylation sites (N-methyl/N-ethyl adjacent to an activating group) is 1. The SMILES string of the molecule is CC(CNCc1cccc2ccccc12)N(C)C. The maximum Gasteiger partial charge on any atom is 0.0212 e. The van der Waals surface area contributed by atoms with Gasteiger partial charge in [-0.3, -0.25) is 0 Å². The molecule has 96 valence electrons. The molecule has 0 radical (unpaired) electrons. The highest BCUT2D eigenvalue weighted by Gasteiger charge is 2.04. The van der Waals surface area contributed by atoms with Crippen molar-refractivity contribution >= 4 is 10.8 Å². The summed E-state index contributed by atoms with van der Waals surface area (Å²) >= 11 is 0. The zero-order chi connectivity index (χ0) is 13.0. The molecule has 0 spiro atoms. The van der Waals surface area contributed by atoms with E-state index in [4.69, 9.17) is 0 Å². The minimum Gasteiger partial charge on any atom is -0.311 e. The zero-order valence-electron chi connectivity index (χ0n) is 11.5. The molecular formula is C16H22N2. The molecule has 0 heterocycles. The first-order valence-corrected chi connectivity index (χ1v) is 6.52. The molecule has 0 aliphatic rings. The summed E-state index contributed by atoms with van der Waals surface area (Å²) in [5, 5.41) is 6.20. The Bertz CT molecular complexity index is 500. The summed E-state index contributed by atoms with van der Waals surface area (Å²) < 4.78 is 0. The molecule has 2 nitrogen and oxygen atoms in total. The number of benzene rings is 2. The Morgan fingerprint density at radius 1 is 1.06 bits per heavy atom. The van der Waals surface area contributed by atoms with Crippen LogP contribution in [0.25, 0.3) is 10.8 Å². The van der Waals surface area contributed by atoms with E-state index in [2.05, 4.69) is 73.7 Å². The standard InChI is InChI=1S/C16H22N2/c1-13(18(2)3)11-17-12-15-9-6-8-14-7-4-5-10-16(14)15/h4-10,13,17H,11-12H2,1-3H3. The largest absolute Gasteiger partial charge is 0.311 e. The van der Waals surface area contributed by atoms with E-state index in [0.717, 1.165) is 13.1 Å². The summed E-state index contributed by atoms with van der Waals surface area (Å²) in [6, 6.07) is 15.6. The van der Waals surface area contributed by atoms with E-state index in [1.165, 1.54) is 16.3 Å². The van der Waals surface area contributed by atoms with Crippen LogP contribution in [0.3, 0.4) is 0 Å². The Kier molecular flexibility index (Phi) is 4.34. The lowest BCUT2D eigenvalue weighted by atomic mass is 10.0. The van der Waals surface area contributed by atoms with Gasteiger partial charge in [-0.05, 0) is 37.4 Å². The zero-order valence-corrected chi connectivity index (χ0v) is 11.5. The van der Waals surface area contributed by atoms with Gasteiger partial charge in [-0.2, -0.15) is 0 Å². The summed E-state index contributed by atoms with van der Waals surface area (Å²) in [5.41, 5.74) is 1.37. The van der Waals surface area contributed by atoms with Crippen LogP contribution in [0.2, 0.25) is 0 Å².